The lowest BCUT2D eigenvalue weighted by Crippen LogP contribution is -2.38. The summed E-state index contributed by atoms with van der Waals surface area (Å²) in [6.07, 6.45) is 4.66. The van der Waals surface area contributed by atoms with Crippen molar-refractivity contribution in [3.05, 3.63) is 16.6 Å². The first kappa shape index (κ1) is 11.0. The van der Waals surface area contributed by atoms with E-state index >= 15 is 0 Å². The summed E-state index contributed by atoms with van der Waals surface area (Å²) in [6, 6.07) is 1.23. The van der Waals surface area contributed by atoms with E-state index in [1.54, 1.807) is 11.3 Å². The molecule has 1 aromatic rings. The van der Waals surface area contributed by atoms with E-state index in [-0.39, 0.29) is 0 Å². The summed E-state index contributed by atoms with van der Waals surface area (Å²) in [5.74, 6) is 0. The molecule has 2 atom stereocenters. The van der Waals surface area contributed by atoms with E-state index < -0.39 is 0 Å². The second-order valence-electron chi connectivity index (χ2n) is 4.17. The van der Waals surface area contributed by atoms with Crippen LogP contribution in [0, 0.1) is 0 Å². The van der Waals surface area contributed by atoms with Crippen LogP contribution in [0.3, 0.4) is 0 Å². The van der Waals surface area contributed by atoms with Crippen molar-refractivity contribution < 1.29 is 0 Å². The van der Waals surface area contributed by atoms with Gasteiger partial charge in [-0.05, 0) is 33.4 Å². The molecule has 0 aromatic carbocycles. The topological polar surface area (TPSA) is 28.2 Å². The monoisotopic (exact) mass is 225 g/mol. The van der Waals surface area contributed by atoms with Gasteiger partial charge >= 0.3 is 0 Å². The number of nitrogens with one attached hydrogen (secondary N) is 1. The highest BCUT2D eigenvalue weighted by atomic mass is 32.1. The molecular weight excluding hydrogens is 206 g/mol. The summed E-state index contributed by atoms with van der Waals surface area (Å²) in [6.45, 7) is 4.62. The van der Waals surface area contributed by atoms with Crippen LogP contribution in [-0.4, -0.2) is 36.1 Å². The predicted molar refractivity (Wildman–Crippen MR) is 64.2 cm³/mol. The maximum absolute atomic E-state index is 4.16. The minimum absolute atomic E-state index is 0.526. The van der Waals surface area contributed by atoms with Crippen LogP contribution >= 0.6 is 11.3 Å². The maximum Gasteiger partial charge on any atom is 0.0794 e. The first-order chi connectivity index (χ1) is 7.33. The molecule has 4 heteroatoms. The molecule has 84 valence electrons. The first-order valence-electron chi connectivity index (χ1n) is 5.61. The highest BCUT2D eigenvalue weighted by Gasteiger charge is 2.28. The van der Waals surface area contributed by atoms with E-state index in [4.69, 9.17) is 0 Å². The largest absolute Gasteiger partial charge is 0.318 e. The number of likely N-dealkylation sites (N-methyl/N-ethyl adjacent to an activating group) is 1. The van der Waals surface area contributed by atoms with Crippen LogP contribution in [0.15, 0.2) is 11.7 Å². The van der Waals surface area contributed by atoms with Crippen LogP contribution in [-0.2, 0) is 0 Å². The fraction of sp³-hybridized carbons (Fsp3) is 0.727. The molecule has 2 rings (SSSR count). The van der Waals surface area contributed by atoms with Gasteiger partial charge in [-0.15, -0.1) is 11.3 Å². The highest BCUT2D eigenvalue weighted by Crippen LogP contribution is 2.30. The average Bonchev–Trinajstić information content (AvgIpc) is 2.87. The Hall–Kier alpha value is -0.450. The van der Waals surface area contributed by atoms with Crippen LogP contribution in [0.4, 0.5) is 0 Å². The van der Waals surface area contributed by atoms with E-state index in [0.717, 1.165) is 6.54 Å². The third-order valence-electron chi connectivity index (χ3n) is 3.22. The molecule has 0 amide bonds. The fourth-order valence-electron chi connectivity index (χ4n) is 2.42. The van der Waals surface area contributed by atoms with E-state index in [0.29, 0.717) is 12.1 Å². The highest BCUT2D eigenvalue weighted by molar-refractivity contribution is 7.09. The smallest absolute Gasteiger partial charge is 0.0794 e. The zero-order chi connectivity index (χ0) is 10.7. The van der Waals surface area contributed by atoms with Gasteiger partial charge in [-0.3, -0.25) is 9.88 Å². The molecule has 3 nitrogen and oxygen atoms in total. The van der Waals surface area contributed by atoms with E-state index in [2.05, 4.69) is 22.1 Å². The van der Waals surface area contributed by atoms with Crippen molar-refractivity contribution in [1.29, 1.82) is 0 Å². The molecule has 2 heterocycles. The van der Waals surface area contributed by atoms with Crippen LogP contribution in [0.5, 0.6) is 0 Å². The summed E-state index contributed by atoms with van der Waals surface area (Å²) in [5, 5.41) is 3.29. The van der Waals surface area contributed by atoms with Gasteiger partial charge in [-0.25, -0.2) is 0 Å². The van der Waals surface area contributed by atoms with Gasteiger partial charge in [0.2, 0.25) is 0 Å². The number of thiazole rings is 1. The second-order valence-corrected chi connectivity index (χ2v) is 5.09. The lowest BCUT2D eigenvalue weighted by molar-refractivity contribution is 0.193. The minimum Gasteiger partial charge on any atom is -0.318 e. The summed E-state index contributed by atoms with van der Waals surface area (Å²) in [5.41, 5.74) is 1.93. The number of likely N-dealkylation sites (tertiary alicyclic amines) is 1. The standard InChI is InChI=1S/C11H19N3S/c1-9(11-7-13-8-15-11)14-5-3-4-10(14)6-12-2/h7-10,12H,3-6H2,1-2H3. The molecule has 1 saturated heterocycles. The molecule has 0 spiro atoms. The molecular formula is C11H19N3S. The molecule has 1 N–H and O–H groups in total. The van der Waals surface area contributed by atoms with Crippen molar-refractivity contribution in [3.63, 3.8) is 0 Å². The summed E-state index contributed by atoms with van der Waals surface area (Å²) in [4.78, 5) is 8.15. The van der Waals surface area contributed by atoms with E-state index in [1.165, 1.54) is 24.3 Å². The van der Waals surface area contributed by atoms with Gasteiger partial charge in [-0.2, -0.15) is 0 Å². The molecule has 1 aliphatic rings. The summed E-state index contributed by atoms with van der Waals surface area (Å²) < 4.78 is 0. The number of rotatable bonds is 4. The van der Waals surface area contributed by atoms with Gasteiger partial charge < -0.3 is 5.32 Å². The van der Waals surface area contributed by atoms with Crippen molar-refractivity contribution in [2.24, 2.45) is 0 Å². The average molecular weight is 225 g/mol. The third-order valence-corrected chi connectivity index (χ3v) is 4.17. The van der Waals surface area contributed by atoms with Crippen molar-refractivity contribution >= 4 is 11.3 Å². The molecule has 0 bridgehead atoms. The molecule has 0 aliphatic carbocycles. The molecule has 15 heavy (non-hydrogen) atoms. The SMILES string of the molecule is CNCC1CCCN1C(C)c1cncs1. The third kappa shape index (κ3) is 2.38. The second kappa shape index (κ2) is 5.05. The Labute approximate surface area is 95.5 Å². The first-order valence-corrected chi connectivity index (χ1v) is 6.49. The molecule has 0 saturated carbocycles. The van der Waals surface area contributed by atoms with Gasteiger partial charge in [0.25, 0.3) is 0 Å². The van der Waals surface area contributed by atoms with Crippen LogP contribution < -0.4 is 5.32 Å². The quantitative estimate of drug-likeness (QED) is 0.848. The maximum atomic E-state index is 4.16. The van der Waals surface area contributed by atoms with E-state index in [1.807, 2.05) is 18.8 Å². The van der Waals surface area contributed by atoms with Gasteiger partial charge in [0.15, 0.2) is 0 Å². The normalized spacial score (nSPS) is 24.5. The Morgan fingerprint density at radius 2 is 2.60 bits per heavy atom. The molecule has 1 aliphatic heterocycles. The van der Waals surface area contributed by atoms with E-state index in [9.17, 15) is 0 Å². The molecule has 2 unspecified atom stereocenters. The molecule has 0 radical (unpaired) electrons. The van der Waals surface area contributed by atoms with Crippen LogP contribution in [0.1, 0.15) is 30.7 Å². The Morgan fingerprint density at radius 3 is 3.27 bits per heavy atom. The van der Waals surface area contributed by atoms with Gasteiger partial charge in [0.05, 0.1) is 5.51 Å². The zero-order valence-electron chi connectivity index (χ0n) is 9.44. The van der Waals surface area contributed by atoms with Crippen molar-refractivity contribution in [2.75, 3.05) is 20.1 Å². The van der Waals surface area contributed by atoms with Gasteiger partial charge in [0, 0.05) is 29.7 Å². The molecule has 1 aromatic heterocycles. The number of hydrogen-bond acceptors (Lipinski definition) is 4. The number of hydrogen-bond donors (Lipinski definition) is 1. The van der Waals surface area contributed by atoms with Crippen LogP contribution in [0.2, 0.25) is 0 Å². The minimum atomic E-state index is 0.526. The Morgan fingerprint density at radius 1 is 1.73 bits per heavy atom. The van der Waals surface area contributed by atoms with Gasteiger partial charge in [0.1, 0.15) is 0 Å². The Balaban J connectivity index is 2.03. The number of aromatic nitrogens is 1. The van der Waals surface area contributed by atoms with Crippen molar-refractivity contribution in [1.82, 2.24) is 15.2 Å². The lowest BCUT2D eigenvalue weighted by Gasteiger charge is -2.29. The molecule has 1 fully saturated rings. The summed E-state index contributed by atoms with van der Waals surface area (Å²) >= 11 is 1.76. The summed E-state index contributed by atoms with van der Waals surface area (Å²) in [7, 11) is 2.04. The van der Waals surface area contributed by atoms with Crippen LogP contribution in [0.25, 0.3) is 0 Å². The predicted octanol–water partition coefficient (Wildman–Crippen LogP) is 1.89. The van der Waals surface area contributed by atoms with Gasteiger partial charge in [-0.1, -0.05) is 0 Å². The number of nitrogens with zero attached hydrogens (tertiary/aromatic N) is 2. The van der Waals surface area contributed by atoms with Crippen molar-refractivity contribution in [2.45, 2.75) is 31.8 Å². The Kier molecular flexibility index (Phi) is 3.72. The fourth-order valence-corrected chi connectivity index (χ4v) is 3.12. The Bertz CT molecular complexity index is 286. The lowest BCUT2D eigenvalue weighted by atomic mass is 10.2. The zero-order valence-corrected chi connectivity index (χ0v) is 10.3. The van der Waals surface area contributed by atoms with Crippen molar-refractivity contribution in [3.8, 4) is 0 Å².